The number of rotatable bonds is 4. The molecule has 1 fully saturated rings. The van der Waals surface area contributed by atoms with Gasteiger partial charge in [0.2, 0.25) is 11.8 Å². The number of nitrogens with zero attached hydrogens (tertiary/aromatic N) is 1. The third kappa shape index (κ3) is 2.98. The minimum Gasteiger partial charge on any atom is -0.340 e. The molecule has 1 aromatic rings. The van der Waals surface area contributed by atoms with Gasteiger partial charge in [0.1, 0.15) is 11.6 Å². The molecule has 4 nitrogen and oxygen atoms in total. The van der Waals surface area contributed by atoms with Crippen LogP contribution in [0.4, 0.5) is 0 Å². The number of amides is 2. The molecule has 1 aliphatic heterocycles. The molecule has 114 valence electrons. The van der Waals surface area contributed by atoms with Gasteiger partial charge in [-0.3, -0.25) is 9.59 Å². The zero-order chi connectivity index (χ0) is 15.6. The maximum atomic E-state index is 12.8. The summed E-state index contributed by atoms with van der Waals surface area (Å²) in [6, 6.07) is 7.39. The van der Waals surface area contributed by atoms with Gasteiger partial charge in [-0.25, -0.2) is 0 Å². The van der Waals surface area contributed by atoms with Gasteiger partial charge in [-0.05, 0) is 37.5 Å². The Labute approximate surface area is 134 Å². The van der Waals surface area contributed by atoms with E-state index in [0.29, 0.717) is 19.4 Å². The van der Waals surface area contributed by atoms with Crippen LogP contribution in [0.2, 0.25) is 0 Å². The zero-order valence-corrected chi connectivity index (χ0v) is 14.2. The van der Waals surface area contributed by atoms with E-state index in [1.165, 1.54) is 0 Å². The average Bonchev–Trinajstić information content (AvgIpc) is 2.49. The smallest absolute Gasteiger partial charge is 0.249 e. The maximum absolute atomic E-state index is 12.8. The molecule has 0 radical (unpaired) electrons. The number of hydrogen-bond acceptors (Lipinski definition) is 2. The van der Waals surface area contributed by atoms with Crippen LogP contribution in [0, 0.1) is 0 Å². The first kappa shape index (κ1) is 16.0. The second-order valence-corrected chi connectivity index (χ2v) is 6.43. The van der Waals surface area contributed by atoms with Crippen molar-refractivity contribution in [1.29, 1.82) is 0 Å². The highest BCUT2D eigenvalue weighted by Crippen LogP contribution is 2.26. The standard InChI is InChI=1S/C16H21BrN2O2/c1-4-16(5-2)15(21)19(11(3)14(20)18-16)10-12-6-8-13(17)9-7-12/h6-9,11H,4-5,10H2,1-3H3,(H,18,20). The summed E-state index contributed by atoms with van der Waals surface area (Å²) in [6.07, 6.45) is 1.22. The lowest BCUT2D eigenvalue weighted by Crippen LogP contribution is -2.69. The van der Waals surface area contributed by atoms with Crippen LogP contribution in [0.5, 0.6) is 0 Å². The summed E-state index contributed by atoms with van der Waals surface area (Å²) in [5.74, 6) is -0.0575. The van der Waals surface area contributed by atoms with Gasteiger partial charge in [-0.15, -0.1) is 0 Å². The van der Waals surface area contributed by atoms with E-state index in [1.54, 1.807) is 11.8 Å². The highest BCUT2D eigenvalue weighted by Gasteiger charge is 2.47. The molecule has 5 heteroatoms. The van der Waals surface area contributed by atoms with Gasteiger partial charge >= 0.3 is 0 Å². The fourth-order valence-corrected chi connectivity index (χ4v) is 2.97. The highest BCUT2D eigenvalue weighted by atomic mass is 79.9. The van der Waals surface area contributed by atoms with Crippen molar-refractivity contribution in [2.45, 2.75) is 51.7 Å². The normalized spacial score (nSPS) is 21.3. The van der Waals surface area contributed by atoms with Crippen LogP contribution < -0.4 is 5.32 Å². The molecule has 0 aliphatic carbocycles. The number of nitrogens with one attached hydrogen (secondary N) is 1. The number of benzene rings is 1. The van der Waals surface area contributed by atoms with E-state index in [4.69, 9.17) is 0 Å². The summed E-state index contributed by atoms with van der Waals surface area (Å²) >= 11 is 3.40. The summed E-state index contributed by atoms with van der Waals surface area (Å²) in [5.41, 5.74) is 0.271. The number of halogens is 1. The molecule has 0 saturated carbocycles. The van der Waals surface area contributed by atoms with Gasteiger partial charge in [0.15, 0.2) is 0 Å². The topological polar surface area (TPSA) is 49.4 Å². The van der Waals surface area contributed by atoms with Crippen molar-refractivity contribution < 1.29 is 9.59 Å². The van der Waals surface area contributed by atoms with Crippen LogP contribution in [0.25, 0.3) is 0 Å². The van der Waals surface area contributed by atoms with Gasteiger partial charge in [-0.1, -0.05) is 41.9 Å². The van der Waals surface area contributed by atoms with Crippen LogP contribution in [0.3, 0.4) is 0 Å². The van der Waals surface area contributed by atoms with Gasteiger partial charge < -0.3 is 10.2 Å². The quantitative estimate of drug-likeness (QED) is 0.905. The van der Waals surface area contributed by atoms with Crippen molar-refractivity contribution in [2.24, 2.45) is 0 Å². The molecule has 1 aromatic carbocycles. The lowest BCUT2D eigenvalue weighted by Gasteiger charge is -2.44. The molecule has 2 rings (SSSR count). The van der Waals surface area contributed by atoms with Crippen molar-refractivity contribution in [3.63, 3.8) is 0 Å². The van der Waals surface area contributed by atoms with E-state index in [-0.39, 0.29) is 11.8 Å². The lowest BCUT2D eigenvalue weighted by molar-refractivity contribution is -0.155. The van der Waals surface area contributed by atoms with Crippen LogP contribution in [-0.4, -0.2) is 28.3 Å². The average molecular weight is 353 g/mol. The minimum absolute atomic E-state index is 0.0162. The summed E-state index contributed by atoms with van der Waals surface area (Å²) in [6.45, 7) is 6.12. The molecule has 1 N–H and O–H groups in total. The molecule has 2 amide bonds. The zero-order valence-electron chi connectivity index (χ0n) is 12.6. The second-order valence-electron chi connectivity index (χ2n) is 5.51. The maximum Gasteiger partial charge on any atom is 0.249 e. The van der Waals surface area contributed by atoms with E-state index in [0.717, 1.165) is 10.0 Å². The number of carbonyl (C=O) groups excluding carboxylic acids is 2. The lowest BCUT2D eigenvalue weighted by atomic mass is 9.87. The number of carbonyl (C=O) groups is 2. The third-order valence-corrected chi connectivity index (χ3v) is 4.88. The SMILES string of the molecule is CCC1(CC)NC(=O)C(C)N(Cc2ccc(Br)cc2)C1=O. The number of piperazine rings is 1. The minimum atomic E-state index is -0.751. The van der Waals surface area contributed by atoms with Gasteiger partial charge in [-0.2, -0.15) is 0 Å². The third-order valence-electron chi connectivity index (χ3n) is 4.35. The van der Waals surface area contributed by atoms with E-state index in [9.17, 15) is 9.59 Å². The first-order chi connectivity index (χ1) is 9.93. The van der Waals surface area contributed by atoms with Crippen LogP contribution >= 0.6 is 15.9 Å². The molecular formula is C16H21BrN2O2. The van der Waals surface area contributed by atoms with Gasteiger partial charge in [0.25, 0.3) is 0 Å². The molecule has 1 aliphatic rings. The van der Waals surface area contributed by atoms with E-state index >= 15 is 0 Å². The Kier molecular flexibility index (Phi) is 4.71. The second kappa shape index (κ2) is 6.18. The Bertz CT molecular complexity index is 538. The summed E-state index contributed by atoms with van der Waals surface area (Å²) < 4.78 is 0.999. The number of hydrogen-bond donors (Lipinski definition) is 1. The van der Waals surface area contributed by atoms with Crippen LogP contribution in [0.1, 0.15) is 39.2 Å². The molecule has 1 heterocycles. The molecule has 1 atom stereocenters. The van der Waals surface area contributed by atoms with E-state index < -0.39 is 11.6 Å². The van der Waals surface area contributed by atoms with Crippen molar-refractivity contribution >= 4 is 27.7 Å². The molecule has 0 bridgehead atoms. The first-order valence-electron chi connectivity index (χ1n) is 7.31. The van der Waals surface area contributed by atoms with Gasteiger partial charge in [0, 0.05) is 11.0 Å². The van der Waals surface area contributed by atoms with Gasteiger partial charge in [0.05, 0.1) is 0 Å². The monoisotopic (exact) mass is 352 g/mol. The Balaban J connectivity index is 2.28. The Morgan fingerprint density at radius 2 is 1.76 bits per heavy atom. The predicted octanol–water partition coefficient (Wildman–Crippen LogP) is 2.85. The van der Waals surface area contributed by atoms with E-state index in [1.807, 2.05) is 38.1 Å². The molecular weight excluding hydrogens is 332 g/mol. The molecule has 0 aromatic heterocycles. The summed E-state index contributed by atoms with van der Waals surface area (Å²) in [5, 5.41) is 2.92. The Hall–Kier alpha value is -1.36. The van der Waals surface area contributed by atoms with Crippen molar-refractivity contribution in [3.8, 4) is 0 Å². The van der Waals surface area contributed by atoms with Crippen molar-refractivity contribution in [3.05, 3.63) is 34.3 Å². The molecule has 0 spiro atoms. The molecule has 21 heavy (non-hydrogen) atoms. The molecule has 1 unspecified atom stereocenters. The van der Waals surface area contributed by atoms with Crippen molar-refractivity contribution in [1.82, 2.24) is 10.2 Å². The largest absolute Gasteiger partial charge is 0.340 e. The Morgan fingerprint density at radius 3 is 2.29 bits per heavy atom. The summed E-state index contributed by atoms with van der Waals surface area (Å²) in [7, 11) is 0. The van der Waals surface area contributed by atoms with Crippen LogP contribution in [0.15, 0.2) is 28.7 Å². The Morgan fingerprint density at radius 1 is 1.19 bits per heavy atom. The fraction of sp³-hybridized carbons (Fsp3) is 0.500. The first-order valence-corrected chi connectivity index (χ1v) is 8.10. The summed E-state index contributed by atoms with van der Waals surface area (Å²) in [4.78, 5) is 26.7. The van der Waals surface area contributed by atoms with Crippen LogP contribution in [-0.2, 0) is 16.1 Å². The molecule has 1 saturated heterocycles. The van der Waals surface area contributed by atoms with Crippen molar-refractivity contribution in [2.75, 3.05) is 0 Å². The van der Waals surface area contributed by atoms with E-state index in [2.05, 4.69) is 21.2 Å². The predicted molar refractivity (Wildman–Crippen MR) is 85.6 cm³/mol. The highest BCUT2D eigenvalue weighted by molar-refractivity contribution is 9.10. The fourth-order valence-electron chi connectivity index (χ4n) is 2.71.